The molecule has 6 heteroatoms. The minimum Gasteiger partial charge on any atom is -0.330 e. The Bertz CT molecular complexity index is 1130. The van der Waals surface area contributed by atoms with Gasteiger partial charge >= 0.3 is 0 Å². The normalized spacial score (nSPS) is 14.1. The van der Waals surface area contributed by atoms with Crippen LogP contribution >= 0.6 is 0 Å². The monoisotopic (exact) mass is 392 g/mol. The van der Waals surface area contributed by atoms with Gasteiger partial charge in [0.25, 0.3) is 0 Å². The van der Waals surface area contributed by atoms with E-state index in [9.17, 15) is 13.2 Å². The number of rotatable bonds is 3. The summed E-state index contributed by atoms with van der Waals surface area (Å²) in [5.74, 6) is -0.216. The second kappa shape index (κ2) is 6.80. The van der Waals surface area contributed by atoms with Crippen LogP contribution in [0.5, 0.6) is 0 Å². The molecule has 0 aromatic heterocycles. The van der Waals surface area contributed by atoms with Crippen LogP contribution in [0.25, 0.3) is 0 Å². The first-order valence-electron chi connectivity index (χ1n) is 8.96. The number of benzene rings is 3. The average molecular weight is 392 g/mol. The number of carbonyl (C=O) groups is 1. The van der Waals surface area contributed by atoms with Gasteiger partial charge in [0.15, 0.2) is 0 Å². The summed E-state index contributed by atoms with van der Waals surface area (Å²) in [4.78, 5) is 14.9. The molecule has 0 unspecified atom stereocenters. The molecule has 0 aliphatic carbocycles. The van der Waals surface area contributed by atoms with Crippen molar-refractivity contribution in [2.45, 2.75) is 23.6 Å². The lowest BCUT2D eigenvalue weighted by Gasteiger charge is -2.32. The smallest absolute Gasteiger partial charge is 0.244 e. The van der Waals surface area contributed by atoms with Crippen molar-refractivity contribution < 1.29 is 13.2 Å². The van der Waals surface area contributed by atoms with E-state index >= 15 is 0 Å². The number of hydrogen-bond donors (Lipinski definition) is 1. The number of anilines is 3. The Morgan fingerprint density at radius 3 is 2.00 bits per heavy atom. The van der Waals surface area contributed by atoms with E-state index in [2.05, 4.69) is 5.32 Å². The van der Waals surface area contributed by atoms with Crippen LogP contribution in [0, 0.1) is 13.8 Å². The Labute approximate surface area is 164 Å². The molecular weight excluding hydrogens is 372 g/mol. The molecule has 1 aliphatic rings. The zero-order chi connectivity index (χ0) is 19.9. The lowest BCUT2D eigenvalue weighted by Crippen LogP contribution is -2.33. The number of amides is 1. The van der Waals surface area contributed by atoms with Crippen LogP contribution in [-0.4, -0.2) is 20.9 Å². The summed E-state index contributed by atoms with van der Waals surface area (Å²) in [6.45, 7) is 4.02. The highest BCUT2D eigenvalue weighted by atomic mass is 32.2. The molecule has 1 N–H and O–H groups in total. The highest BCUT2D eigenvalue weighted by Crippen LogP contribution is 2.43. The van der Waals surface area contributed by atoms with E-state index < -0.39 is 9.84 Å². The Balaban J connectivity index is 1.70. The zero-order valence-corrected chi connectivity index (χ0v) is 16.5. The van der Waals surface area contributed by atoms with Crippen molar-refractivity contribution in [2.24, 2.45) is 0 Å². The molecule has 0 fully saturated rings. The molecule has 1 heterocycles. The van der Waals surface area contributed by atoms with E-state index in [1.807, 2.05) is 32.0 Å². The first kappa shape index (κ1) is 18.3. The van der Waals surface area contributed by atoms with E-state index in [1.165, 1.54) is 0 Å². The summed E-state index contributed by atoms with van der Waals surface area (Å²) < 4.78 is 25.9. The molecule has 0 bridgehead atoms. The molecule has 5 nitrogen and oxygen atoms in total. The Morgan fingerprint density at radius 2 is 1.43 bits per heavy atom. The minimum atomic E-state index is -3.61. The van der Waals surface area contributed by atoms with Crippen molar-refractivity contribution in [2.75, 3.05) is 16.8 Å². The van der Waals surface area contributed by atoms with E-state index in [4.69, 9.17) is 0 Å². The molecule has 0 atom stereocenters. The van der Waals surface area contributed by atoms with Crippen LogP contribution in [0.4, 0.5) is 17.1 Å². The number of fused-ring (bicyclic) bond motifs is 2. The van der Waals surface area contributed by atoms with Crippen LogP contribution in [0.2, 0.25) is 0 Å². The van der Waals surface area contributed by atoms with Gasteiger partial charge in [-0.1, -0.05) is 30.3 Å². The largest absolute Gasteiger partial charge is 0.330 e. The number of carbonyl (C=O) groups excluding carboxylic acids is 1. The number of nitrogens with zero attached hydrogens (tertiary/aromatic N) is 1. The van der Waals surface area contributed by atoms with Gasteiger partial charge in [-0.2, -0.15) is 0 Å². The van der Waals surface area contributed by atoms with Gasteiger partial charge in [0, 0.05) is 5.69 Å². The first-order chi connectivity index (χ1) is 13.4. The quantitative estimate of drug-likeness (QED) is 0.724. The van der Waals surface area contributed by atoms with Crippen molar-refractivity contribution in [3.63, 3.8) is 0 Å². The number of aryl methyl sites for hydroxylation is 2. The summed E-state index contributed by atoms with van der Waals surface area (Å²) in [6.07, 6.45) is 0. The van der Waals surface area contributed by atoms with Crippen LogP contribution in [0.15, 0.2) is 76.5 Å². The molecular formula is C22H20N2O3S. The second-order valence-corrected chi connectivity index (χ2v) is 8.76. The third-order valence-corrected chi connectivity index (χ3v) is 6.83. The van der Waals surface area contributed by atoms with Gasteiger partial charge in [-0.05, 0) is 61.4 Å². The van der Waals surface area contributed by atoms with Gasteiger partial charge in [-0.3, -0.25) is 4.79 Å². The molecule has 0 radical (unpaired) electrons. The fourth-order valence-corrected chi connectivity index (χ4v) is 5.06. The fraction of sp³-hybridized carbons (Fsp3) is 0.136. The van der Waals surface area contributed by atoms with Crippen molar-refractivity contribution >= 4 is 32.8 Å². The maximum absolute atomic E-state index is 13.0. The fourth-order valence-electron chi connectivity index (χ4n) is 3.40. The number of para-hydroxylation sites is 2. The first-order valence-corrected chi connectivity index (χ1v) is 10.4. The molecule has 4 rings (SSSR count). The molecule has 1 aliphatic heterocycles. The van der Waals surface area contributed by atoms with Crippen LogP contribution < -0.4 is 10.2 Å². The van der Waals surface area contributed by atoms with Crippen molar-refractivity contribution in [1.29, 1.82) is 0 Å². The van der Waals surface area contributed by atoms with Gasteiger partial charge in [-0.15, -0.1) is 0 Å². The number of sulfone groups is 1. The minimum absolute atomic E-state index is 0.0104. The maximum Gasteiger partial charge on any atom is 0.244 e. The summed E-state index contributed by atoms with van der Waals surface area (Å²) in [6, 6.07) is 19.3. The van der Waals surface area contributed by atoms with Gasteiger partial charge < -0.3 is 10.2 Å². The molecule has 142 valence electrons. The van der Waals surface area contributed by atoms with E-state index in [1.54, 1.807) is 53.4 Å². The van der Waals surface area contributed by atoms with E-state index in [-0.39, 0.29) is 22.2 Å². The van der Waals surface area contributed by atoms with Gasteiger partial charge in [0.05, 0.1) is 21.2 Å². The molecule has 3 aromatic rings. The predicted molar refractivity (Wildman–Crippen MR) is 110 cm³/mol. The van der Waals surface area contributed by atoms with Gasteiger partial charge in [0.2, 0.25) is 15.7 Å². The molecule has 0 saturated carbocycles. The second-order valence-electron chi connectivity index (χ2n) is 6.87. The van der Waals surface area contributed by atoms with Crippen LogP contribution in [-0.2, 0) is 14.6 Å². The zero-order valence-electron chi connectivity index (χ0n) is 15.6. The maximum atomic E-state index is 13.0. The topological polar surface area (TPSA) is 66.5 Å². The summed E-state index contributed by atoms with van der Waals surface area (Å²) in [5, 5.41) is 2.91. The summed E-state index contributed by atoms with van der Waals surface area (Å²) in [7, 11) is -3.61. The molecule has 1 amide bonds. The summed E-state index contributed by atoms with van der Waals surface area (Å²) in [5.41, 5.74) is 3.99. The Morgan fingerprint density at radius 1 is 0.857 bits per heavy atom. The van der Waals surface area contributed by atoms with Crippen molar-refractivity contribution in [3.05, 3.63) is 77.9 Å². The summed E-state index contributed by atoms with van der Waals surface area (Å²) >= 11 is 0. The number of nitrogens with one attached hydrogen (secondary N) is 1. The highest BCUT2D eigenvalue weighted by Gasteiger charge is 2.34. The lowest BCUT2D eigenvalue weighted by molar-refractivity contribution is -0.114. The average Bonchev–Trinajstić information content (AvgIpc) is 2.68. The molecule has 0 saturated heterocycles. The third-order valence-electron chi connectivity index (χ3n) is 4.98. The Kier molecular flexibility index (Phi) is 4.43. The van der Waals surface area contributed by atoms with E-state index in [0.29, 0.717) is 11.4 Å². The third kappa shape index (κ3) is 3.05. The molecule has 0 spiro atoms. The van der Waals surface area contributed by atoms with Gasteiger partial charge in [0.1, 0.15) is 6.54 Å². The van der Waals surface area contributed by atoms with E-state index in [0.717, 1.165) is 16.8 Å². The van der Waals surface area contributed by atoms with Crippen LogP contribution in [0.3, 0.4) is 0 Å². The molecule has 28 heavy (non-hydrogen) atoms. The molecule has 3 aromatic carbocycles. The highest BCUT2D eigenvalue weighted by molar-refractivity contribution is 7.92. The number of hydrogen-bond acceptors (Lipinski definition) is 4. The van der Waals surface area contributed by atoms with Crippen molar-refractivity contribution in [3.8, 4) is 0 Å². The lowest BCUT2D eigenvalue weighted by atomic mass is 10.1. The van der Waals surface area contributed by atoms with Gasteiger partial charge in [-0.25, -0.2) is 8.42 Å². The Hall–Kier alpha value is -3.12. The van der Waals surface area contributed by atoms with Crippen molar-refractivity contribution in [1.82, 2.24) is 0 Å². The predicted octanol–water partition coefficient (Wildman–Crippen LogP) is 4.23. The van der Waals surface area contributed by atoms with Crippen LogP contribution in [0.1, 0.15) is 11.1 Å². The SMILES string of the molecule is Cc1ccc(NC(=O)CN2c3ccccc3S(=O)(=O)c3ccccc32)cc1C. The standard InChI is InChI=1S/C22H20N2O3S/c1-15-11-12-17(13-16(15)2)23-22(25)14-24-18-7-3-5-9-20(18)28(26,27)21-10-6-4-8-19(21)24/h3-13H,14H2,1-2H3,(H,23,25).